The van der Waals surface area contributed by atoms with Crippen molar-refractivity contribution in [1.82, 2.24) is 9.97 Å². The standard InChI is InChI=1S/C17H18FN3/c1-2-11-7-13-4-5-14(8-11)21(13)17-15-6-3-12(18)9-16(15)19-10-20-17/h2-3,6,9-10,13-14H,4-5,7-8H2,1H3. The number of halogens is 1. The Bertz CT molecular complexity index is 709. The zero-order valence-corrected chi connectivity index (χ0v) is 12.1. The van der Waals surface area contributed by atoms with Crippen molar-refractivity contribution in [3.05, 3.63) is 42.0 Å². The number of allylic oxidation sites excluding steroid dienone is 1. The molecule has 2 aliphatic heterocycles. The number of anilines is 1. The lowest BCUT2D eigenvalue weighted by Gasteiger charge is -2.37. The van der Waals surface area contributed by atoms with Gasteiger partial charge in [0.2, 0.25) is 0 Å². The van der Waals surface area contributed by atoms with Crippen LogP contribution in [0.5, 0.6) is 0 Å². The average Bonchev–Trinajstić information content (AvgIpc) is 2.76. The molecule has 2 aromatic rings. The third-order valence-electron chi connectivity index (χ3n) is 4.85. The summed E-state index contributed by atoms with van der Waals surface area (Å²) in [5.74, 6) is 0.729. The van der Waals surface area contributed by atoms with E-state index in [1.807, 2.05) is 6.07 Å². The van der Waals surface area contributed by atoms with Crippen LogP contribution in [0.4, 0.5) is 10.2 Å². The molecule has 108 valence electrons. The summed E-state index contributed by atoms with van der Waals surface area (Å²) in [7, 11) is 0. The Kier molecular flexibility index (Phi) is 2.91. The minimum absolute atomic E-state index is 0.245. The van der Waals surface area contributed by atoms with E-state index >= 15 is 0 Å². The lowest BCUT2D eigenvalue weighted by atomic mass is 9.96. The molecule has 0 amide bonds. The van der Waals surface area contributed by atoms with E-state index in [1.54, 1.807) is 11.9 Å². The Balaban J connectivity index is 1.81. The van der Waals surface area contributed by atoms with Gasteiger partial charge in [-0.25, -0.2) is 14.4 Å². The maximum absolute atomic E-state index is 13.4. The van der Waals surface area contributed by atoms with Gasteiger partial charge in [-0.3, -0.25) is 0 Å². The molecule has 3 nitrogen and oxygen atoms in total. The van der Waals surface area contributed by atoms with Crippen molar-refractivity contribution in [1.29, 1.82) is 0 Å². The van der Waals surface area contributed by atoms with Crippen molar-refractivity contribution >= 4 is 16.7 Å². The molecule has 2 bridgehead atoms. The molecule has 0 aliphatic carbocycles. The van der Waals surface area contributed by atoms with Gasteiger partial charge in [0.05, 0.1) is 5.52 Å². The van der Waals surface area contributed by atoms with Gasteiger partial charge in [0.15, 0.2) is 0 Å². The summed E-state index contributed by atoms with van der Waals surface area (Å²) in [6.07, 6.45) is 8.50. The van der Waals surface area contributed by atoms with Gasteiger partial charge >= 0.3 is 0 Å². The van der Waals surface area contributed by atoms with Crippen molar-refractivity contribution < 1.29 is 4.39 Å². The van der Waals surface area contributed by atoms with Crippen LogP contribution >= 0.6 is 0 Å². The third-order valence-corrected chi connectivity index (χ3v) is 4.85. The van der Waals surface area contributed by atoms with Crippen molar-refractivity contribution in [2.75, 3.05) is 4.90 Å². The summed E-state index contributed by atoms with van der Waals surface area (Å²) < 4.78 is 13.4. The second-order valence-electron chi connectivity index (χ2n) is 6.01. The number of hydrogen-bond donors (Lipinski definition) is 0. The molecule has 3 heterocycles. The molecular formula is C17H18FN3. The molecule has 2 unspecified atom stereocenters. The maximum Gasteiger partial charge on any atom is 0.140 e. The summed E-state index contributed by atoms with van der Waals surface area (Å²) >= 11 is 0. The van der Waals surface area contributed by atoms with E-state index in [-0.39, 0.29) is 5.82 Å². The van der Waals surface area contributed by atoms with E-state index in [4.69, 9.17) is 0 Å². The maximum atomic E-state index is 13.4. The number of nitrogens with zero attached hydrogens (tertiary/aromatic N) is 3. The summed E-state index contributed by atoms with van der Waals surface area (Å²) in [6.45, 7) is 2.13. The van der Waals surface area contributed by atoms with Crippen LogP contribution in [0.1, 0.15) is 32.6 Å². The van der Waals surface area contributed by atoms with Gasteiger partial charge in [0.1, 0.15) is 18.0 Å². The summed E-state index contributed by atoms with van der Waals surface area (Å²) in [4.78, 5) is 11.2. The van der Waals surface area contributed by atoms with Crippen LogP contribution in [0.25, 0.3) is 10.9 Å². The smallest absolute Gasteiger partial charge is 0.140 e. The quantitative estimate of drug-likeness (QED) is 0.744. The van der Waals surface area contributed by atoms with E-state index in [0.717, 1.165) is 24.0 Å². The highest BCUT2D eigenvalue weighted by Crippen LogP contribution is 2.42. The van der Waals surface area contributed by atoms with Crippen LogP contribution in [-0.2, 0) is 0 Å². The molecule has 0 saturated carbocycles. The summed E-state index contributed by atoms with van der Waals surface area (Å²) in [5, 5.41) is 0.958. The predicted octanol–water partition coefficient (Wildman–Crippen LogP) is 3.85. The largest absolute Gasteiger partial charge is 0.349 e. The number of rotatable bonds is 1. The number of hydrogen-bond acceptors (Lipinski definition) is 3. The van der Waals surface area contributed by atoms with Crippen molar-refractivity contribution in [2.45, 2.75) is 44.7 Å². The van der Waals surface area contributed by atoms with Crippen molar-refractivity contribution in [2.24, 2.45) is 0 Å². The lowest BCUT2D eigenvalue weighted by molar-refractivity contribution is 0.545. The minimum Gasteiger partial charge on any atom is -0.349 e. The van der Waals surface area contributed by atoms with E-state index in [0.29, 0.717) is 17.6 Å². The van der Waals surface area contributed by atoms with Crippen molar-refractivity contribution in [3.8, 4) is 0 Å². The summed E-state index contributed by atoms with van der Waals surface area (Å²) in [6, 6.07) is 5.85. The molecule has 2 aliphatic rings. The highest BCUT2D eigenvalue weighted by molar-refractivity contribution is 5.89. The second kappa shape index (κ2) is 4.79. The number of benzene rings is 1. The van der Waals surface area contributed by atoms with E-state index in [2.05, 4.69) is 27.9 Å². The Morgan fingerprint density at radius 3 is 2.67 bits per heavy atom. The zero-order valence-electron chi connectivity index (χ0n) is 12.1. The van der Waals surface area contributed by atoms with Crippen LogP contribution in [0.15, 0.2) is 36.2 Å². The van der Waals surface area contributed by atoms with Crippen LogP contribution in [0.3, 0.4) is 0 Å². The van der Waals surface area contributed by atoms with Gasteiger partial charge in [0.25, 0.3) is 0 Å². The van der Waals surface area contributed by atoms with E-state index in [1.165, 1.54) is 25.0 Å². The van der Waals surface area contributed by atoms with Crippen LogP contribution in [0.2, 0.25) is 0 Å². The van der Waals surface area contributed by atoms with Crippen LogP contribution in [-0.4, -0.2) is 22.1 Å². The first-order valence-electron chi connectivity index (χ1n) is 7.59. The molecule has 2 saturated heterocycles. The lowest BCUT2D eigenvalue weighted by Crippen LogP contribution is -2.41. The Morgan fingerprint density at radius 2 is 1.95 bits per heavy atom. The predicted molar refractivity (Wildman–Crippen MR) is 81.8 cm³/mol. The first-order valence-corrected chi connectivity index (χ1v) is 7.59. The topological polar surface area (TPSA) is 29.0 Å². The fraction of sp³-hybridized carbons (Fsp3) is 0.412. The second-order valence-corrected chi connectivity index (χ2v) is 6.01. The van der Waals surface area contributed by atoms with Gasteiger partial charge in [-0.2, -0.15) is 0 Å². The van der Waals surface area contributed by atoms with Crippen LogP contribution in [0, 0.1) is 5.82 Å². The summed E-state index contributed by atoms with van der Waals surface area (Å²) in [5.41, 5.74) is 2.25. The SMILES string of the molecule is CC=C1CC2CCC(C1)N2c1ncnc2cc(F)ccc12. The number of fused-ring (bicyclic) bond motifs is 3. The molecule has 0 spiro atoms. The molecular weight excluding hydrogens is 265 g/mol. The molecule has 2 fully saturated rings. The molecule has 21 heavy (non-hydrogen) atoms. The first-order chi connectivity index (χ1) is 10.3. The Hall–Kier alpha value is -1.97. The van der Waals surface area contributed by atoms with Gasteiger partial charge < -0.3 is 4.90 Å². The number of piperidine rings is 1. The number of aromatic nitrogens is 2. The highest BCUT2D eigenvalue weighted by atomic mass is 19.1. The van der Waals surface area contributed by atoms with Gasteiger partial charge in [-0.1, -0.05) is 11.6 Å². The Morgan fingerprint density at radius 1 is 1.19 bits per heavy atom. The first kappa shape index (κ1) is 12.7. The Labute approximate surface area is 123 Å². The molecule has 4 rings (SSSR count). The highest BCUT2D eigenvalue weighted by Gasteiger charge is 2.39. The molecule has 0 radical (unpaired) electrons. The van der Waals surface area contributed by atoms with Gasteiger partial charge in [-0.05, 0) is 44.7 Å². The third kappa shape index (κ3) is 2.01. The zero-order chi connectivity index (χ0) is 14.4. The van der Waals surface area contributed by atoms with Crippen LogP contribution < -0.4 is 4.90 Å². The molecule has 2 atom stereocenters. The molecule has 1 aromatic carbocycles. The van der Waals surface area contributed by atoms with E-state index in [9.17, 15) is 4.39 Å². The van der Waals surface area contributed by atoms with Gasteiger partial charge in [-0.15, -0.1) is 0 Å². The van der Waals surface area contributed by atoms with Crippen molar-refractivity contribution in [3.63, 3.8) is 0 Å². The normalized spacial score (nSPS) is 24.7. The molecule has 4 heteroatoms. The molecule has 1 aromatic heterocycles. The fourth-order valence-corrected chi connectivity index (χ4v) is 3.85. The molecule has 0 N–H and O–H groups in total. The van der Waals surface area contributed by atoms with Gasteiger partial charge in [0, 0.05) is 23.5 Å². The average molecular weight is 283 g/mol. The van der Waals surface area contributed by atoms with E-state index < -0.39 is 0 Å². The monoisotopic (exact) mass is 283 g/mol. The minimum atomic E-state index is -0.245. The fourth-order valence-electron chi connectivity index (χ4n) is 3.85.